The highest BCUT2D eigenvalue weighted by Crippen LogP contribution is 2.70. The number of rotatable bonds is 0. The number of piperidine rings is 1. The van der Waals surface area contributed by atoms with Crippen LogP contribution in [-0.4, -0.2) is 24.5 Å². The molecular formula is C23H34N+. The molecule has 2 bridgehead atoms. The van der Waals surface area contributed by atoms with E-state index in [0.29, 0.717) is 17.4 Å². The minimum Gasteiger partial charge on any atom is -0.302 e. The van der Waals surface area contributed by atoms with E-state index >= 15 is 0 Å². The fourth-order valence-corrected chi connectivity index (χ4v) is 7.14. The molecule has 1 saturated carbocycles. The van der Waals surface area contributed by atoms with Gasteiger partial charge in [-0.2, -0.15) is 0 Å². The Morgan fingerprint density at radius 1 is 1.12 bits per heavy atom. The van der Waals surface area contributed by atoms with Gasteiger partial charge in [0.15, 0.2) is 0 Å². The van der Waals surface area contributed by atoms with Gasteiger partial charge in [0.05, 0.1) is 6.92 Å². The van der Waals surface area contributed by atoms with Crippen molar-refractivity contribution in [2.24, 2.45) is 16.7 Å². The molecule has 1 aliphatic heterocycles. The lowest BCUT2D eigenvalue weighted by molar-refractivity contribution is -0.150. The van der Waals surface area contributed by atoms with Gasteiger partial charge in [-0.05, 0) is 80.8 Å². The van der Waals surface area contributed by atoms with Crippen LogP contribution in [0.15, 0.2) is 12.1 Å². The third-order valence-corrected chi connectivity index (χ3v) is 8.88. The summed E-state index contributed by atoms with van der Waals surface area (Å²) in [5.74, 6) is 0.542. The topological polar surface area (TPSA) is 3.24 Å². The Kier molecular flexibility index (Phi) is 3.31. The molecule has 0 aromatic heterocycles. The van der Waals surface area contributed by atoms with Crippen molar-refractivity contribution >= 4 is 0 Å². The zero-order valence-electron chi connectivity index (χ0n) is 16.5. The molecule has 0 spiro atoms. The van der Waals surface area contributed by atoms with Gasteiger partial charge in [0.25, 0.3) is 0 Å². The highest BCUT2D eigenvalue weighted by molar-refractivity contribution is 5.52. The van der Waals surface area contributed by atoms with Gasteiger partial charge in [0, 0.05) is 16.9 Å². The first-order chi connectivity index (χ1) is 11.2. The van der Waals surface area contributed by atoms with Crippen molar-refractivity contribution in [3.05, 3.63) is 41.3 Å². The molecule has 1 heterocycles. The number of aryl methyl sites for hydroxylation is 1. The van der Waals surface area contributed by atoms with E-state index < -0.39 is 0 Å². The maximum atomic E-state index is 4.64. The lowest BCUT2D eigenvalue weighted by Gasteiger charge is -2.70. The Bertz CT molecular complexity index is 688. The van der Waals surface area contributed by atoms with Crippen LogP contribution in [0.4, 0.5) is 0 Å². The van der Waals surface area contributed by atoms with Gasteiger partial charge in [0.1, 0.15) is 5.92 Å². The Morgan fingerprint density at radius 2 is 1.83 bits per heavy atom. The highest BCUT2D eigenvalue weighted by atomic mass is 15.2. The molecule has 0 amide bonds. The molecular weight excluding hydrogens is 290 g/mol. The Balaban J connectivity index is 2.10. The van der Waals surface area contributed by atoms with Crippen molar-refractivity contribution in [3.8, 4) is 0 Å². The number of fused-ring (bicyclic) bond motifs is 1. The molecule has 24 heavy (non-hydrogen) atoms. The molecule has 1 unspecified atom stereocenters. The molecule has 2 fully saturated rings. The first-order valence-electron chi connectivity index (χ1n) is 9.80. The standard InChI is InChI=1S/C23H34N/c1-15-8-9-18-14-19-22(6)11-10-16(2)21(4,5)23(22,12-13-24(19)7)20(18)17(15)3/h8-9,16,19H,2,10-14H2,1,3-7H3/q+1/t16-,19+,22?,23+/m1/s1. The number of benzene rings is 1. The summed E-state index contributed by atoms with van der Waals surface area (Å²) in [6.45, 7) is 18.2. The van der Waals surface area contributed by atoms with Crippen molar-refractivity contribution in [1.82, 2.24) is 4.90 Å². The molecule has 130 valence electrons. The summed E-state index contributed by atoms with van der Waals surface area (Å²) < 4.78 is 0. The fraction of sp³-hybridized carbons (Fsp3) is 0.696. The lowest BCUT2D eigenvalue weighted by Crippen LogP contribution is -2.72. The van der Waals surface area contributed by atoms with E-state index in [-0.39, 0.29) is 10.8 Å². The van der Waals surface area contributed by atoms with Gasteiger partial charge >= 0.3 is 0 Å². The zero-order chi connectivity index (χ0) is 17.5. The van der Waals surface area contributed by atoms with Crippen molar-refractivity contribution in [2.45, 2.75) is 71.8 Å². The summed E-state index contributed by atoms with van der Waals surface area (Å²) in [7, 11) is 2.36. The first kappa shape index (κ1) is 16.5. The van der Waals surface area contributed by atoms with Crippen LogP contribution in [-0.2, 0) is 11.8 Å². The molecule has 1 aromatic carbocycles. The number of nitrogens with zero attached hydrogens (tertiary/aromatic N) is 1. The summed E-state index contributed by atoms with van der Waals surface area (Å²) in [5, 5.41) is 0. The van der Waals surface area contributed by atoms with E-state index in [9.17, 15) is 0 Å². The van der Waals surface area contributed by atoms with Gasteiger partial charge in [-0.3, -0.25) is 0 Å². The summed E-state index contributed by atoms with van der Waals surface area (Å²) in [6.07, 6.45) is 5.11. The van der Waals surface area contributed by atoms with Crippen LogP contribution in [0.25, 0.3) is 0 Å². The van der Waals surface area contributed by atoms with E-state index in [1.807, 2.05) is 0 Å². The molecule has 1 heteroatoms. The fourth-order valence-electron chi connectivity index (χ4n) is 7.14. The van der Waals surface area contributed by atoms with E-state index in [1.54, 1.807) is 16.7 Å². The highest BCUT2D eigenvalue weighted by Gasteiger charge is 2.70. The van der Waals surface area contributed by atoms with Gasteiger partial charge in [-0.1, -0.05) is 32.9 Å². The molecule has 4 rings (SSSR count). The van der Waals surface area contributed by atoms with Crippen LogP contribution in [0.3, 0.4) is 0 Å². The van der Waals surface area contributed by atoms with Crippen molar-refractivity contribution in [1.29, 1.82) is 0 Å². The van der Waals surface area contributed by atoms with Crippen LogP contribution < -0.4 is 0 Å². The van der Waals surface area contributed by atoms with Gasteiger partial charge in [-0.25, -0.2) is 0 Å². The molecule has 0 N–H and O–H groups in total. The van der Waals surface area contributed by atoms with Crippen molar-refractivity contribution < 1.29 is 0 Å². The average molecular weight is 325 g/mol. The molecule has 0 radical (unpaired) electrons. The first-order valence-corrected chi connectivity index (χ1v) is 9.80. The summed E-state index contributed by atoms with van der Waals surface area (Å²) in [4.78, 5) is 2.66. The third kappa shape index (κ3) is 1.63. The maximum Gasteiger partial charge on any atom is 0.101 e. The van der Waals surface area contributed by atoms with E-state index in [0.717, 1.165) is 0 Å². The number of likely N-dealkylation sites (N-methyl/N-ethyl adjacent to an activating group) is 1. The van der Waals surface area contributed by atoms with Gasteiger partial charge in [0.2, 0.25) is 0 Å². The quantitative estimate of drug-likeness (QED) is 0.602. The Hall–Kier alpha value is -0.950. The second-order valence-corrected chi connectivity index (χ2v) is 9.77. The third-order valence-electron chi connectivity index (χ3n) is 8.88. The largest absolute Gasteiger partial charge is 0.302 e. The maximum absolute atomic E-state index is 4.64. The van der Waals surface area contributed by atoms with Crippen LogP contribution in [0.2, 0.25) is 0 Å². The monoisotopic (exact) mass is 324 g/mol. The van der Waals surface area contributed by atoms with Gasteiger partial charge < -0.3 is 4.90 Å². The second-order valence-electron chi connectivity index (χ2n) is 9.77. The molecule has 3 aliphatic rings. The second kappa shape index (κ2) is 4.81. The summed E-state index contributed by atoms with van der Waals surface area (Å²) in [6, 6.07) is 5.46. The predicted octanol–water partition coefficient (Wildman–Crippen LogP) is 5.08. The summed E-state index contributed by atoms with van der Waals surface area (Å²) in [5.41, 5.74) is 7.23. The number of hydrogen-bond donors (Lipinski definition) is 0. The molecule has 4 atom stereocenters. The van der Waals surface area contributed by atoms with Crippen LogP contribution >= 0.6 is 0 Å². The Labute approximate surface area is 148 Å². The lowest BCUT2D eigenvalue weighted by atomic mass is 9.35. The Morgan fingerprint density at radius 3 is 2.54 bits per heavy atom. The summed E-state index contributed by atoms with van der Waals surface area (Å²) >= 11 is 0. The van der Waals surface area contributed by atoms with E-state index in [1.165, 1.54) is 37.8 Å². The number of hydrogen-bond acceptors (Lipinski definition) is 1. The molecule has 2 aliphatic carbocycles. The average Bonchev–Trinajstić information content (AvgIpc) is 2.51. The minimum atomic E-state index is 0.243. The molecule has 1 saturated heterocycles. The van der Waals surface area contributed by atoms with Crippen LogP contribution in [0, 0.1) is 37.5 Å². The molecule has 1 nitrogen and oxygen atoms in total. The van der Waals surface area contributed by atoms with E-state index in [4.69, 9.17) is 0 Å². The molecule has 1 aromatic rings. The number of likely N-dealkylation sites (tertiary alicyclic amines) is 1. The van der Waals surface area contributed by atoms with Crippen molar-refractivity contribution in [2.75, 3.05) is 13.6 Å². The van der Waals surface area contributed by atoms with Crippen LogP contribution in [0.1, 0.15) is 62.3 Å². The smallest absolute Gasteiger partial charge is 0.101 e. The van der Waals surface area contributed by atoms with Gasteiger partial charge in [-0.15, -0.1) is 0 Å². The van der Waals surface area contributed by atoms with Crippen LogP contribution in [0.5, 0.6) is 0 Å². The zero-order valence-corrected chi connectivity index (χ0v) is 16.5. The SMILES string of the molecule is [CH2+][C@@H]1CCC2(C)[C@@H]3Cc4ccc(C)c(C)c4[C@@]2(CCN3C)C1(C)C. The normalized spacial score (nSPS) is 40.8. The van der Waals surface area contributed by atoms with Crippen molar-refractivity contribution in [3.63, 3.8) is 0 Å². The predicted molar refractivity (Wildman–Crippen MR) is 102 cm³/mol. The minimum absolute atomic E-state index is 0.243. The van der Waals surface area contributed by atoms with E-state index in [2.05, 4.69) is 65.6 Å².